The number of hydrogen-bond acceptors (Lipinski definition) is 1. The topological polar surface area (TPSA) is 27.8 Å². The van der Waals surface area contributed by atoms with Crippen molar-refractivity contribution in [3.8, 4) is 0 Å². The van der Waals surface area contributed by atoms with Crippen molar-refractivity contribution in [2.24, 2.45) is 0 Å². The maximum atomic E-state index is 3.68. The van der Waals surface area contributed by atoms with Gasteiger partial charge in [0.2, 0.25) is 0 Å². The van der Waals surface area contributed by atoms with E-state index in [0.29, 0.717) is 11.8 Å². The van der Waals surface area contributed by atoms with Crippen molar-refractivity contribution in [1.29, 1.82) is 0 Å². The van der Waals surface area contributed by atoms with E-state index in [1.54, 1.807) is 5.56 Å². The molecule has 3 rings (SSSR count). The largest absolute Gasteiger partial charge is 0.358 e. The third-order valence-corrected chi connectivity index (χ3v) is 4.47. The van der Waals surface area contributed by atoms with Crippen LogP contribution in [0.3, 0.4) is 0 Å². The van der Waals surface area contributed by atoms with Crippen LogP contribution in [0, 0.1) is 0 Å². The first-order valence-electron chi connectivity index (χ1n) is 7.49. The number of likely N-dealkylation sites (N-methyl/N-ethyl adjacent to an activating group) is 1. The lowest BCUT2D eigenvalue weighted by Gasteiger charge is -2.22. The van der Waals surface area contributed by atoms with Gasteiger partial charge in [-0.2, -0.15) is 0 Å². The number of fused-ring (bicyclic) bond motifs is 3. The summed E-state index contributed by atoms with van der Waals surface area (Å²) < 4.78 is 0. The second-order valence-corrected chi connectivity index (χ2v) is 6.12. The van der Waals surface area contributed by atoms with E-state index in [9.17, 15) is 0 Å². The molecule has 0 fully saturated rings. The van der Waals surface area contributed by atoms with Crippen molar-refractivity contribution in [2.45, 2.75) is 44.9 Å². The van der Waals surface area contributed by atoms with Crippen LogP contribution < -0.4 is 5.32 Å². The van der Waals surface area contributed by atoms with Gasteiger partial charge >= 0.3 is 0 Å². The molecule has 2 aromatic rings. The Kier molecular flexibility index (Phi) is 3.36. The molecule has 2 nitrogen and oxygen atoms in total. The average molecular weight is 256 g/mol. The molecule has 2 heteroatoms. The standard InChI is InChI=1S/C17H24N2/c1-11(2)12-7-8-16-15(9-12)14-6-4-5-13(10-18-3)17(14)19-16/h7-9,11,13,18-19H,4-6,10H2,1-3H3. The van der Waals surface area contributed by atoms with Crippen molar-refractivity contribution in [1.82, 2.24) is 10.3 Å². The summed E-state index contributed by atoms with van der Waals surface area (Å²) in [6.07, 6.45) is 3.85. The van der Waals surface area contributed by atoms with Crippen LogP contribution in [0.4, 0.5) is 0 Å². The van der Waals surface area contributed by atoms with E-state index in [2.05, 4.69) is 42.3 Å². The fourth-order valence-electron chi connectivity index (χ4n) is 3.38. The summed E-state index contributed by atoms with van der Waals surface area (Å²) in [5.74, 6) is 1.26. The van der Waals surface area contributed by atoms with E-state index < -0.39 is 0 Å². The second kappa shape index (κ2) is 5.01. The lowest BCUT2D eigenvalue weighted by molar-refractivity contribution is 0.522. The Hall–Kier alpha value is -1.28. The van der Waals surface area contributed by atoms with Gasteiger partial charge in [-0.3, -0.25) is 0 Å². The molecule has 0 amide bonds. The van der Waals surface area contributed by atoms with Crippen molar-refractivity contribution in [3.05, 3.63) is 35.0 Å². The first kappa shape index (κ1) is 12.7. The molecule has 1 aliphatic rings. The lowest BCUT2D eigenvalue weighted by atomic mass is 9.86. The highest BCUT2D eigenvalue weighted by Crippen LogP contribution is 2.36. The van der Waals surface area contributed by atoms with E-state index in [0.717, 1.165) is 6.54 Å². The number of rotatable bonds is 3. The van der Waals surface area contributed by atoms with Crippen LogP contribution in [0.25, 0.3) is 10.9 Å². The molecule has 1 unspecified atom stereocenters. The summed E-state index contributed by atoms with van der Waals surface area (Å²) in [6.45, 7) is 5.62. The molecular weight excluding hydrogens is 232 g/mol. The fraction of sp³-hybridized carbons (Fsp3) is 0.529. The molecule has 1 aliphatic carbocycles. The fourth-order valence-corrected chi connectivity index (χ4v) is 3.38. The van der Waals surface area contributed by atoms with Gasteiger partial charge in [-0.1, -0.05) is 19.9 Å². The summed E-state index contributed by atoms with van der Waals surface area (Å²) in [5.41, 5.74) is 5.82. The molecule has 0 aliphatic heterocycles. The Labute approximate surface area is 115 Å². The molecule has 2 N–H and O–H groups in total. The van der Waals surface area contributed by atoms with Gasteiger partial charge in [-0.15, -0.1) is 0 Å². The van der Waals surface area contributed by atoms with E-state index >= 15 is 0 Å². The summed E-state index contributed by atoms with van der Waals surface area (Å²) >= 11 is 0. The Bertz CT molecular complexity index is 580. The Morgan fingerprint density at radius 2 is 2.21 bits per heavy atom. The third-order valence-electron chi connectivity index (χ3n) is 4.47. The quantitative estimate of drug-likeness (QED) is 0.855. The van der Waals surface area contributed by atoms with E-state index in [1.165, 1.54) is 41.4 Å². The Morgan fingerprint density at radius 3 is 2.95 bits per heavy atom. The molecule has 0 bridgehead atoms. The third kappa shape index (κ3) is 2.18. The minimum atomic E-state index is 0.603. The lowest BCUT2D eigenvalue weighted by Crippen LogP contribution is -2.21. The summed E-state index contributed by atoms with van der Waals surface area (Å²) in [6, 6.07) is 6.93. The van der Waals surface area contributed by atoms with Gasteiger partial charge in [0.15, 0.2) is 0 Å². The van der Waals surface area contributed by atoms with Gasteiger partial charge in [0.05, 0.1) is 0 Å². The molecule has 1 atom stereocenters. The molecule has 102 valence electrons. The van der Waals surface area contributed by atoms with Crippen molar-refractivity contribution < 1.29 is 0 Å². The summed E-state index contributed by atoms with van der Waals surface area (Å²) in [5, 5.41) is 4.79. The van der Waals surface area contributed by atoms with Crippen molar-refractivity contribution >= 4 is 10.9 Å². The molecule has 1 heterocycles. The zero-order chi connectivity index (χ0) is 13.4. The maximum Gasteiger partial charge on any atom is 0.0459 e. The normalized spacial score (nSPS) is 19.1. The first-order valence-corrected chi connectivity index (χ1v) is 7.49. The minimum absolute atomic E-state index is 0.603. The Balaban J connectivity index is 2.11. The van der Waals surface area contributed by atoms with E-state index in [-0.39, 0.29) is 0 Å². The molecular formula is C17H24N2. The SMILES string of the molecule is CNCC1CCCc2c1[nH]c1ccc(C(C)C)cc21. The number of hydrogen-bond donors (Lipinski definition) is 2. The smallest absolute Gasteiger partial charge is 0.0459 e. The van der Waals surface area contributed by atoms with Gasteiger partial charge in [-0.25, -0.2) is 0 Å². The zero-order valence-electron chi connectivity index (χ0n) is 12.2. The molecule has 1 aromatic carbocycles. The average Bonchev–Trinajstić information content (AvgIpc) is 2.78. The number of benzene rings is 1. The highest BCUT2D eigenvalue weighted by Gasteiger charge is 2.23. The van der Waals surface area contributed by atoms with Gasteiger partial charge in [0.1, 0.15) is 0 Å². The maximum absolute atomic E-state index is 3.68. The number of nitrogens with one attached hydrogen (secondary N) is 2. The Morgan fingerprint density at radius 1 is 1.37 bits per heavy atom. The van der Waals surface area contributed by atoms with Gasteiger partial charge in [0, 0.05) is 29.1 Å². The van der Waals surface area contributed by atoms with Gasteiger partial charge < -0.3 is 10.3 Å². The van der Waals surface area contributed by atoms with Crippen LogP contribution in [0.2, 0.25) is 0 Å². The van der Waals surface area contributed by atoms with Crippen LogP contribution in [-0.2, 0) is 6.42 Å². The molecule has 0 spiro atoms. The highest BCUT2D eigenvalue weighted by atomic mass is 14.8. The van der Waals surface area contributed by atoms with Crippen LogP contribution in [0.5, 0.6) is 0 Å². The van der Waals surface area contributed by atoms with Crippen LogP contribution in [0.15, 0.2) is 18.2 Å². The second-order valence-electron chi connectivity index (χ2n) is 6.12. The number of aromatic amines is 1. The molecule has 0 radical (unpaired) electrons. The number of H-pyrrole nitrogens is 1. The zero-order valence-corrected chi connectivity index (χ0v) is 12.2. The molecule has 0 saturated heterocycles. The summed E-state index contributed by atoms with van der Waals surface area (Å²) in [7, 11) is 2.05. The number of aryl methyl sites for hydroxylation is 1. The number of aromatic nitrogens is 1. The van der Waals surface area contributed by atoms with Gasteiger partial charge in [0.25, 0.3) is 0 Å². The minimum Gasteiger partial charge on any atom is -0.358 e. The predicted molar refractivity (Wildman–Crippen MR) is 82.0 cm³/mol. The summed E-state index contributed by atoms with van der Waals surface area (Å²) in [4.78, 5) is 3.68. The monoisotopic (exact) mass is 256 g/mol. The van der Waals surface area contributed by atoms with Crippen molar-refractivity contribution in [3.63, 3.8) is 0 Å². The van der Waals surface area contributed by atoms with Crippen LogP contribution in [-0.4, -0.2) is 18.6 Å². The van der Waals surface area contributed by atoms with Gasteiger partial charge in [-0.05, 0) is 55.5 Å². The van der Waals surface area contributed by atoms with E-state index in [1.807, 2.05) is 7.05 Å². The van der Waals surface area contributed by atoms with Crippen molar-refractivity contribution in [2.75, 3.05) is 13.6 Å². The molecule has 1 aromatic heterocycles. The predicted octanol–water partition coefficient (Wildman–Crippen LogP) is 3.93. The first-order chi connectivity index (χ1) is 9.20. The van der Waals surface area contributed by atoms with Crippen LogP contribution >= 0.6 is 0 Å². The molecule has 0 saturated carbocycles. The van der Waals surface area contributed by atoms with E-state index in [4.69, 9.17) is 0 Å². The van der Waals surface area contributed by atoms with Crippen LogP contribution in [0.1, 0.15) is 55.3 Å². The molecule has 19 heavy (non-hydrogen) atoms. The highest BCUT2D eigenvalue weighted by molar-refractivity contribution is 5.86.